The van der Waals surface area contributed by atoms with Gasteiger partial charge in [-0.05, 0) is 19.2 Å². The highest BCUT2D eigenvalue weighted by Gasteiger charge is 2.09. The molecule has 1 atom stereocenters. The van der Waals surface area contributed by atoms with Gasteiger partial charge in [-0.3, -0.25) is 0 Å². The standard InChI is InChI=1S/C11H11N3OS/c1-13-8(6-12)7-16-11-14-9-4-2-3-5-10(9)15-11/h2-5,8,13H,7H2,1H3. The number of aromatic nitrogens is 1. The molecule has 0 aliphatic carbocycles. The Morgan fingerprint density at radius 1 is 1.56 bits per heavy atom. The van der Waals surface area contributed by atoms with E-state index in [4.69, 9.17) is 9.68 Å². The summed E-state index contributed by atoms with van der Waals surface area (Å²) in [5.41, 5.74) is 1.63. The highest BCUT2D eigenvalue weighted by molar-refractivity contribution is 7.99. The van der Waals surface area contributed by atoms with E-state index in [1.54, 1.807) is 7.05 Å². The number of oxazole rings is 1. The maximum atomic E-state index is 8.77. The highest BCUT2D eigenvalue weighted by atomic mass is 32.2. The Labute approximate surface area is 97.7 Å². The molecule has 1 N–H and O–H groups in total. The van der Waals surface area contributed by atoms with E-state index in [1.165, 1.54) is 11.8 Å². The predicted octanol–water partition coefficient (Wildman–Crippen LogP) is 2.03. The van der Waals surface area contributed by atoms with Crippen LogP contribution in [0.5, 0.6) is 0 Å². The van der Waals surface area contributed by atoms with Crippen LogP contribution >= 0.6 is 11.8 Å². The van der Waals surface area contributed by atoms with Gasteiger partial charge < -0.3 is 9.73 Å². The molecule has 5 heteroatoms. The van der Waals surface area contributed by atoms with Crippen LogP contribution in [0.15, 0.2) is 33.9 Å². The molecule has 2 aromatic rings. The molecule has 2 rings (SSSR count). The Balaban J connectivity index is 2.08. The van der Waals surface area contributed by atoms with Gasteiger partial charge in [0.2, 0.25) is 0 Å². The zero-order valence-electron chi connectivity index (χ0n) is 8.80. The lowest BCUT2D eigenvalue weighted by molar-refractivity contribution is 0.489. The smallest absolute Gasteiger partial charge is 0.256 e. The van der Waals surface area contributed by atoms with Gasteiger partial charge in [0, 0.05) is 5.75 Å². The van der Waals surface area contributed by atoms with Crippen LogP contribution in [-0.2, 0) is 0 Å². The number of nitrogens with one attached hydrogen (secondary N) is 1. The minimum atomic E-state index is -0.181. The number of para-hydroxylation sites is 2. The number of hydrogen-bond acceptors (Lipinski definition) is 5. The molecular formula is C11H11N3OS. The number of benzene rings is 1. The average molecular weight is 233 g/mol. The summed E-state index contributed by atoms with van der Waals surface area (Å²) in [5.74, 6) is 0.625. The number of nitriles is 1. The van der Waals surface area contributed by atoms with Crippen LogP contribution in [-0.4, -0.2) is 23.8 Å². The average Bonchev–Trinajstić information content (AvgIpc) is 2.73. The molecule has 0 radical (unpaired) electrons. The third-order valence-corrected chi connectivity index (χ3v) is 3.07. The number of nitrogens with zero attached hydrogens (tertiary/aromatic N) is 2. The first kappa shape index (κ1) is 11.0. The van der Waals surface area contributed by atoms with Crippen molar-refractivity contribution in [3.63, 3.8) is 0 Å². The zero-order chi connectivity index (χ0) is 11.4. The highest BCUT2D eigenvalue weighted by Crippen LogP contribution is 2.23. The van der Waals surface area contributed by atoms with E-state index >= 15 is 0 Å². The first-order valence-electron chi connectivity index (χ1n) is 4.88. The Bertz CT molecular complexity index is 484. The molecule has 1 aromatic carbocycles. The van der Waals surface area contributed by atoms with Crippen LogP contribution in [0.25, 0.3) is 11.1 Å². The van der Waals surface area contributed by atoms with Gasteiger partial charge in [-0.2, -0.15) is 5.26 Å². The molecule has 1 heterocycles. The predicted molar refractivity (Wildman–Crippen MR) is 63.2 cm³/mol. The minimum absolute atomic E-state index is 0.181. The fourth-order valence-electron chi connectivity index (χ4n) is 1.25. The SMILES string of the molecule is CNC(C#N)CSc1nc2ccccc2o1. The van der Waals surface area contributed by atoms with E-state index in [2.05, 4.69) is 16.4 Å². The summed E-state index contributed by atoms with van der Waals surface area (Å²) < 4.78 is 5.52. The van der Waals surface area contributed by atoms with Gasteiger partial charge in [-0.25, -0.2) is 4.98 Å². The van der Waals surface area contributed by atoms with E-state index in [9.17, 15) is 0 Å². The fourth-order valence-corrected chi connectivity index (χ4v) is 2.11. The van der Waals surface area contributed by atoms with Gasteiger partial charge in [0.05, 0.1) is 6.07 Å². The van der Waals surface area contributed by atoms with Crippen molar-refractivity contribution in [3.8, 4) is 6.07 Å². The zero-order valence-corrected chi connectivity index (χ0v) is 9.62. The van der Waals surface area contributed by atoms with Crippen LogP contribution in [0, 0.1) is 11.3 Å². The molecule has 0 saturated heterocycles. The molecule has 0 bridgehead atoms. The summed E-state index contributed by atoms with van der Waals surface area (Å²) in [6.45, 7) is 0. The van der Waals surface area contributed by atoms with Crippen molar-refractivity contribution >= 4 is 22.9 Å². The molecule has 1 aromatic heterocycles. The summed E-state index contributed by atoms with van der Waals surface area (Å²) in [6.07, 6.45) is 0. The normalized spacial score (nSPS) is 12.5. The molecule has 16 heavy (non-hydrogen) atoms. The van der Waals surface area contributed by atoms with Crippen molar-refractivity contribution in [2.75, 3.05) is 12.8 Å². The fraction of sp³-hybridized carbons (Fsp3) is 0.273. The number of thioether (sulfide) groups is 1. The Hall–Kier alpha value is -1.51. The number of hydrogen-bond donors (Lipinski definition) is 1. The lowest BCUT2D eigenvalue weighted by Crippen LogP contribution is -2.25. The molecular weight excluding hydrogens is 222 g/mol. The van der Waals surface area contributed by atoms with Gasteiger partial charge in [0.15, 0.2) is 5.58 Å². The molecule has 0 spiro atoms. The summed E-state index contributed by atoms with van der Waals surface area (Å²) in [4.78, 5) is 4.31. The summed E-state index contributed by atoms with van der Waals surface area (Å²) in [5, 5.41) is 12.3. The molecule has 0 amide bonds. The third-order valence-electron chi connectivity index (χ3n) is 2.15. The van der Waals surface area contributed by atoms with Crippen LogP contribution in [0.4, 0.5) is 0 Å². The summed E-state index contributed by atoms with van der Waals surface area (Å²) in [7, 11) is 1.76. The molecule has 0 aliphatic heterocycles. The Morgan fingerprint density at radius 2 is 2.38 bits per heavy atom. The van der Waals surface area contributed by atoms with Crippen LogP contribution < -0.4 is 5.32 Å². The Kier molecular flexibility index (Phi) is 3.44. The summed E-state index contributed by atoms with van der Waals surface area (Å²) >= 11 is 1.44. The van der Waals surface area contributed by atoms with E-state index in [0.29, 0.717) is 11.0 Å². The molecule has 0 aliphatic rings. The number of rotatable bonds is 4. The molecule has 1 unspecified atom stereocenters. The van der Waals surface area contributed by atoms with Crippen molar-refractivity contribution in [1.82, 2.24) is 10.3 Å². The second kappa shape index (κ2) is 5.01. The van der Waals surface area contributed by atoms with Crippen LogP contribution in [0.1, 0.15) is 0 Å². The molecule has 0 saturated carbocycles. The second-order valence-corrected chi connectivity index (χ2v) is 4.20. The van der Waals surface area contributed by atoms with Crippen molar-refractivity contribution in [1.29, 1.82) is 5.26 Å². The van der Waals surface area contributed by atoms with Gasteiger partial charge in [0.25, 0.3) is 5.22 Å². The van der Waals surface area contributed by atoms with Gasteiger partial charge in [-0.1, -0.05) is 23.9 Å². The second-order valence-electron chi connectivity index (χ2n) is 3.23. The maximum absolute atomic E-state index is 8.77. The van der Waals surface area contributed by atoms with E-state index in [-0.39, 0.29) is 6.04 Å². The van der Waals surface area contributed by atoms with Gasteiger partial charge in [-0.15, -0.1) is 0 Å². The van der Waals surface area contributed by atoms with Crippen LogP contribution in [0.2, 0.25) is 0 Å². The van der Waals surface area contributed by atoms with Crippen LogP contribution in [0.3, 0.4) is 0 Å². The minimum Gasteiger partial charge on any atom is -0.431 e. The quantitative estimate of drug-likeness (QED) is 0.819. The van der Waals surface area contributed by atoms with E-state index in [0.717, 1.165) is 11.1 Å². The Morgan fingerprint density at radius 3 is 3.06 bits per heavy atom. The van der Waals surface area contributed by atoms with Crippen molar-refractivity contribution < 1.29 is 4.42 Å². The lowest BCUT2D eigenvalue weighted by Gasteiger charge is -2.03. The van der Waals surface area contributed by atoms with Crippen molar-refractivity contribution in [3.05, 3.63) is 24.3 Å². The third kappa shape index (κ3) is 2.35. The largest absolute Gasteiger partial charge is 0.431 e. The first-order chi connectivity index (χ1) is 7.83. The van der Waals surface area contributed by atoms with E-state index < -0.39 is 0 Å². The van der Waals surface area contributed by atoms with Crippen molar-refractivity contribution in [2.24, 2.45) is 0 Å². The molecule has 4 nitrogen and oxygen atoms in total. The first-order valence-corrected chi connectivity index (χ1v) is 5.87. The monoisotopic (exact) mass is 233 g/mol. The topological polar surface area (TPSA) is 61.9 Å². The molecule has 0 fully saturated rings. The van der Waals surface area contributed by atoms with Gasteiger partial charge >= 0.3 is 0 Å². The number of fused-ring (bicyclic) bond motifs is 1. The van der Waals surface area contributed by atoms with E-state index in [1.807, 2.05) is 24.3 Å². The van der Waals surface area contributed by atoms with Crippen molar-refractivity contribution in [2.45, 2.75) is 11.3 Å². The lowest BCUT2D eigenvalue weighted by atomic mass is 10.3. The van der Waals surface area contributed by atoms with Gasteiger partial charge in [0.1, 0.15) is 11.6 Å². The molecule has 82 valence electrons. The maximum Gasteiger partial charge on any atom is 0.256 e. The summed E-state index contributed by atoms with van der Waals surface area (Å²) in [6, 6.07) is 9.59.